The minimum atomic E-state index is -4.50. The van der Waals surface area contributed by atoms with E-state index < -0.39 is 43.9 Å². The monoisotopic (exact) mass is 672 g/mol. The second kappa shape index (κ2) is 23.9. The smallest absolute Gasteiger partial charge is 0.116 e. The second-order valence-electron chi connectivity index (χ2n) is 13.3. The summed E-state index contributed by atoms with van der Waals surface area (Å²) in [6.45, 7) is 13.9. The number of hydrogen-bond donors (Lipinski definition) is 2. The number of nitrogens with zero attached hydrogens (tertiary/aromatic N) is 2. The third kappa shape index (κ3) is 23.1. The Morgan fingerprint density at radius 3 is 0.955 bits per heavy atom. The van der Waals surface area contributed by atoms with Crippen LogP contribution >= 0.6 is 0 Å². The highest BCUT2D eigenvalue weighted by atomic mass is 32.2. The lowest BCUT2D eigenvalue weighted by molar-refractivity contribution is -0.930. The van der Waals surface area contributed by atoms with E-state index >= 15 is 0 Å². The van der Waals surface area contributed by atoms with Crippen LogP contribution in [0.2, 0.25) is 0 Å². The van der Waals surface area contributed by atoms with Gasteiger partial charge in [-0.25, -0.2) is 16.8 Å². The summed E-state index contributed by atoms with van der Waals surface area (Å²) >= 11 is 0. The van der Waals surface area contributed by atoms with Gasteiger partial charge in [-0.1, -0.05) is 65.2 Å². The molecule has 0 rings (SSSR count). The maximum Gasteiger partial charge on any atom is 0.116 e. The van der Waals surface area contributed by atoms with Crippen molar-refractivity contribution >= 4 is 20.2 Å². The highest BCUT2D eigenvalue weighted by Crippen LogP contribution is 2.19. The van der Waals surface area contributed by atoms with E-state index in [0.29, 0.717) is 8.97 Å². The van der Waals surface area contributed by atoms with Gasteiger partial charge in [-0.3, -0.25) is 0 Å². The molecule has 4 atom stereocenters. The van der Waals surface area contributed by atoms with Gasteiger partial charge in [-0.05, 0) is 65.2 Å². The summed E-state index contributed by atoms with van der Waals surface area (Å²) in [4.78, 5) is 0. The van der Waals surface area contributed by atoms with Crippen molar-refractivity contribution in [3.05, 3.63) is 0 Å². The molecule has 266 valence electrons. The lowest BCUT2D eigenvalue weighted by atomic mass is 10.1. The van der Waals surface area contributed by atoms with E-state index in [1.54, 1.807) is 0 Å². The first kappa shape index (κ1) is 43.7. The van der Waals surface area contributed by atoms with Gasteiger partial charge in [-0.15, -0.1) is 0 Å². The van der Waals surface area contributed by atoms with Gasteiger partial charge in [0.1, 0.15) is 25.3 Å². The number of likely N-dealkylation sites (N-methyl/N-ethyl adjacent to an activating group) is 2. The highest BCUT2D eigenvalue weighted by Gasteiger charge is 2.30. The zero-order valence-corrected chi connectivity index (χ0v) is 30.2. The van der Waals surface area contributed by atoms with Crippen LogP contribution < -0.4 is 0 Å². The highest BCUT2D eigenvalue weighted by molar-refractivity contribution is 7.85. The van der Waals surface area contributed by atoms with Crippen LogP contribution in [-0.2, 0) is 20.2 Å². The lowest BCUT2D eigenvalue weighted by Gasteiger charge is -2.40. The Kier molecular flexibility index (Phi) is 23.7. The molecule has 0 aromatic rings. The van der Waals surface area contributed by atoms with Gasteiger partial charge in [0.2, 0.25) is 0 Å². The maximum atomic E-state index is 11.3. The van der Waals surface area contributed by atoms with Gasteiger partial charge in [-0.2, -0.15) is 0 Å². The van der Waals surface area contributed by atoms with E-state index in [-0.39, 0.29) is 13.1 Å². The topological polar surface area (TPSA) is 155 Å². The molecule has 0 saturated carbocycles. The first-order valence-electron chi connectivity index (χ1n) is 17.6. The molecule has 0 amide bonds. The predicted octanol–water partition coefficient (Wildman–Crippen LogP) is 4.75. The van der Waals surface area contributed by atoms with Gasteiger partial charge in [0.25, 0.3) is 0 Å². The molecule has 0 radical (unpaired) electrons. The predicted molar refractivity (Wildman–Crippen MR) is 177 cm³/mol. The number of rotatable bonds is 31. The van der Waals surface area contributed by atoms with Crippen molar-refractivity contribution in [2.24, 2.45) is 0 Å². The van der Waals surface area contributed by atoms with Crippen LogP contribution in [0.1, 0.15) is 130 Å². The van der Waals surface area contributed by atoms with Crippen molar-refractivity contribution in [1.29, 1.82) is 0 Å². The molecule has 0 aliphatic carbocycles. The van der Waals surface area contributed by atoms with Crippen molar-refractivity contribution in [2.75, 3.05) is 63.9 Å². The van der Waals surface area contributed by atoms with Crippen molar-refractivity contribution in [2.45, 2.75) is 143 Å². The fraction of sp³-hybridized carbons (Fsp3) is 1.00. The maximum absolute atomic E-state index is 11.3. The van der Waals surface area contributed by atoms with Crippen LogP contribution in [0, 0.1) is 0 Å². The fourth-order valence-corrected chi connectivity index (χ4v) is 7.81. The fourth-order valence-electron chi connectivity index (χ4n) is 6.65. The van der Waals surface area contributed by atoms with Crippen LogP contribution in [-0.4, -0.2) is 121 Å². The molecule has 10 nitrogen and oxygen atoms in total. The first-order chi connectivity index (χ1) is 20.7. The summed E-state index contributed by atoms with van der Waals surface area (Å²) in [7, 11) is -9.00. The standard InChI is InChI=1S/C32H68N2O8S2/c1-5-9-11-13-15-19-23-33(7-3,27-31(35)29-43(37,38)39)25-21-17-18-22-26-34(8-4,24-20-16-14-12-10-6-2)28-32(36)30-44(40,41)42/h31-32,35-36H,5-30H2,1-4H3. The summed E-state index contributed by atoms with van der Waals surface area (Å²) in [5.74, 6) is -1.50. The molecule has 44 heavy (non-hydrogen) atoms. The molecule has 0 bridgehead atoms. The summed E-state index contributed by atoms with van der Waals surface area (Å²) in [6, 6.07) is 0. The Hall–Kier alpha value is -0.340. The minimum Gasteiger partial charge on any atom is -0.748 e. The molecular weight excluding hydrogens is 604 g/mol. The van der Waals surface area contributed by atoms with Crippen molar-refractivity contribution in [3.8, 4) is 0 Å². The second-order valence-corrected chi connectivity index (χ2v) is 16.2. The largest absolute Gasteiger partial charge is 0.748 e. The van der Waals surface area contributed by atoms with Crippen LogP contribution in [0.15, 0.2) is 0 Å². The first-order valence-corrected chi connectivity index (χ1v) is 20.7. The van der Waals surface area contributed by atoms with Gasteiger partial charge < -0.3 is 28.3 Å². The molecule has 0 fully saturated rings. The Labute approximate surface area is 271 Å². The number of unbranched alkanes of at least 4 members (excludes halogenated alkanes) is 13. The lowest BCUT2D eigenvalue weighted by Crippen LogP contribution is -2.54. The Morgan fingerprint density at radius 2 is 0.727 bits per heavy atom. The quantitative estimate of drug-likeness (QED) is 0.0607. The van der Waals surface area contributed by atoms with Crippen LogP contribution in [0.25, 0.3) is 0 Å². The molecule has 2 N–H and O–H groups in total. The van der Waals surface area contributed by atoms with Crippen LogP contribution in [0.4, 0.5) is 0 Å². The van der Waals surface area contributed by atoms with Crippen molar-refractivity contribution < 1.29 is 45.1 Å². The number of aliphatic hydroxyl groups is 2. The number of aliphatic hydroxyl groups excluding tert-OH is 2. The summed E-state index contributed by atoms with van der Waals surface area (Å²) in [6.07, 6.45) is 15.2. The van der Waals surface area contributed by atoms with Crippen molar-refractivity contribution in [3.63, 3.8) is 0 Å². The van der Waals surface area contributed by atoms with E-state index in [1.165, 1.54) is 51.4 Å². The van der Waals surface area contributed by atoms with E-state index in [4.69, 9.17) is 0 Å². The van der Waals surface area contributed by atoms with Crippen LogP contribution in [0.5, 0.6) is 0 Å². The number of quaternary nitrogens is 2. The summed E-state index contributed by atoms with van der Waals surface area (Å²) in [5.41, 5.74) is 0. The zero-order valence-electron chi connectivity index (χ0n) is 28.6. The molecule has 0 heterocycles. The zero-order chi connectivity index (χ0) is 33.5. The third-order valence-corrected chi connectivity index (χ3v) is 10.9. The van der Waals surface area contributed by atoms with Gasteiger partial charge in [0.05, 0.1) is 71.0 Å². The molecular formula is C32H68N2O8S2. The molecule has 0 aromatic heterocycles. The van der Waals surface area contributed by atoms with E-state index in [9.17, 15) is 36.2 Å². The molecule has 0 aliphatic heterocycles. The molecule has 0 spiro atoms. The Balaban J connectivity index is 5.18. The van der Waals surface area contributed by atoms with E-state index in [2.05, 4.69) is 27.7 Å². The normalized spacial score (nSPS) is 16.8. The Bertz CT molecular complexity index is 845. The SMILES string of the molecule is CCCCCCCC[N+](CC)(CCCCCC[N+](CC)(CCCCCCCC)CC(O)CS(=O)(=O)[O-])CC(O)CS(=O)(=O)[O-]. The van der Waals surface area contributed by atoms with Gasteiger partial charge in [0, 0.05) is 0 Å². The average Bonchev–Trinajstić information content (AvgIpc) is 2.91. The summed E-state index contributed by atoms with van der Waals surface area (Å²) in [5, 5.41) is 21.0. The molecule has 0 saturated heterocycles. The van der Waals surface area contributed by atoms with Gasteiger partial charge >= 0.3 is 0 Å². The van der Waals surface area contributed by atoms with E-state index in [1.807, 2.05) is 0 Å². The minimum absolute atomic E-state index is 0.265. The molecule has 0 aromatic carbocycles. The molecule has 4 unspecified atom stereocenters. The van der Waals surface area contributed by atoms with Crippen molar-refractivity contribution in [1.82, 2.24) is 0 Å². The van der Waals surface area contributed by atoms with E-state index in [0.717, 1.165) is 90.6 Å². The summed E-state index contributed by atoms with van der Waals surface area (Å²) < 4.78 is 68.9. The van der Waals surface area contributed by atoms with Crippen LogP contribution in [0.3, 0.4) is 0 Å². The van der Waals surface area contributed by atoms with Gasteiger partial charge in [0.15, 0.2) is 0 Å². The molecule has 0 aliphatic rings. The number of hydrogen-bond acceptors (Lipinski definition) is 8. The average molecular weight is 673 g/mol. The third-order valence-electron chi connectivity index (χ3n) is 9.32. The Morgan fingerprint density at radius 1 is 0.477 bits per heavy atom. The molecule has 12 heteroatoms.